The third-order valence-electron chi connectivity index (χ3n) is 6.35. The summed E-state index contributed by atoms with van der Waals surface area (Å²) in [5.41, 5.74) is 2.21. The van der Waals surface area contributed by atoms with E-state index in [4.69, 9.17) is 4.98 Å². The van der Waals surface area contributed by atoms with E-state index < -0.39 is 17.3 Å². The first-order valence-electron chi connectivity index (χ1n) is 11.9. The maximum absolute atomic E-state index is 13.9. The van der Waals surface area contributed by atoms with Gasteiger partial charge in [0, 0.05) is 10.9 Å². The van der Waals surface area contributed by atoms with Crippen LogP contribution in [0.1, 0.15) is 21.9 Å². The Hall–Kier alpha value is -4.30. The van der Waals surface area contributed by atoms with E-state index in [1.165, 1.54) is 28.5 Å². The fourth-order valence-electron chi connectivity index (χ4n) is 4.56. The van der Waals surface area contributed by atoms with Gasteiger partial charge in [-0.05, 0) is 35.4 Å². The average Bonchev–Trinajstić information content (AvgIpc) is 3.31. The molecule has 0 bridgehead atoms. The predicted octanol–water partition coefficient (Wildman–Crippen LogP) is 7.77. The molecule has 0 fully saturated rings. The van der Waals surface area contributed by atoms with Crippen LogP contribution in [0.25, 0.3) is 27.6 Å². The first-order valence-corrected chi connectivity index (χ1v) is 12.8. The molecule has 188 valence electrons. The highest BCUT2D eigenvalue weighted by Gasteiger charge is 2.31. The summed E-state index contributed by atoms with van der Waals surface area (Å²) >= 11 is 1.33. The Morgan fingerprint density at radius 3 is 2.08 bits per heavy atom. The van der Waals surface area contributed by atoms with E-state index in [0.29, 0.717) is 10.7 Å². The number of hydrogen-bond acceptors (Lipinski definition) is 3. The zero-order valence-electron chi connectivity index (χ0n) is 19.8. The van der Waals surface area contributed by atoms with Gasteiger partial charge in [0.05, 0.1) is 16.5 Å². The Balaban J connectivity index is 1.62. The van der Waals surface area contributed by atoms with Crippen LogP contribution in [0.2, 0.25) is 0 Å². The second kappa shape index (κ2) is 9.54. The summed E-state index contributed by atoms with van der Waals surface area (Å²) in [6.45, 7) is 0. The zero-order chi connectivity index (χ0) is 26.3. The van der Waals surface area contributed by atoms with Crippen molar-refractivity contribution in [2.24, 2.45) is 0 Å². The van der Waals surface area contributed by atoms with E-state index in [2.05, 4.69) is 4.98 Å². The summed E-state index contributed by atoms with van der Waals surface area (Å²) in [5, 5.41) is 0.807. The van der Waals surface area contributed by atoms with Crippen molar-refractivity contribution in [1.29, 1.82) is 0 Å². The second-order valence-corrected chi connectivity index (χ2v) is 9.87. The molecule has 2 heterocycles. The average molecular weight is 528 g/mol. The number of halogens is 3. The molecule has 8 heteroatoms. The van der Waals surface area contributed by atoms with Crippen molar-refractivity contribution in [1.82, 2.24) is 14.5 Å². The molecule has 0 aliphatic heterocycles. The number of aromatic amines is 1. The molecule has 38 heavy (non-hydrogen) atoms. The first kappa shape index (κ1) is 24.1. The first-order chi connectivity index (χ1) is 18.4. The van der Waals surface area contributed by atoms with E-state index >= 15 is 0 Å². The van der Waals surface area contributed by atoms with Gasteiger partial charge in [-0.15, -0.1) is 0 Å². The van der Waals surface area contributed by atoms with Crippen LogP contribution in [0.15, 0.2) is 119 Å². The minimum Gasteiger partial charge on any atom is -0.349 e. The third kappa shape index (κ3) is 4.37. The molecule has 0 aliphatic carbocycles. The fraction of sp³-hybridized carbons (Fsp3) is 0.0667. The van der Waals surface area contributed by atoms with E-state index in [1.807, 2.05) is 84.9 Å². The predicted molar refractivity (Wildman–Crippen MR) is 145 cm³/mol. The molecule has 6 rings (SSSR count). The van der Waals surface area contributed by atoms with Crippen molar-refractivity contribution < 1.29 is 13.2 Å². The number of nitrogens with one attached hydrogen (secondary N) is 1. The lowest BCUT2D eigenvalue weighted by molar-refractivity contribution is -0.137. The zero-order valence-corrected chi connectivity index (χ0v) is 20.6. The number of fused-ring (bicyclic) bond motifs is 3. The van der Waals surface area contributed by atoms with Gasteiger partial charge in [0.15, 0.2) is 5.16 Å². The fourth-order valence-corrected chi connectivity index (χ4v) is 5.80. The molecule has 0 atom stereocenters. The van der Waals surface area contributed by atoms with Gasteiger partial charge in [0.25, 0.3) is 5.56 Å². The minimum atomic E-state index is -4.55. The Morgan fingerprint density at radius 2 is 1.42 bits per heavy atom. The number of nitrogens with zero attached hydrogens (tertiary/aromatic N) is 2. The van der Waals surface area contributed by atoms with Crippen LogP contribution < -0.4 is 5.56 Å². The second-order valence-electron chi connectivity index (χ2n) is 8.80. The standard InChI is InChI=1S/C30H20F3N3OS/c31-30(32,33)21-14-9-15-22(18-21)36-28(37)26-25(23-16-7-8-17-24(23)34-26)35-29(36)38-27(19-10-3-1-4-11-19)20-12-5-2-6-13-20/h1-18,27,34H. The minimum absolute atomic E-state index is 0.0975. The molecular weight excluding hydrogens is 507 g/mol. The molecule has 0 saturated carbocycles. The van der Waals surface area contributed by atoms with Crippen molar-refractivity contribution in [3.63, 3.8) is 0 Å². The SMILES string of the molecule is O=c1c2[nH]c3ccccc3c2nc(SC(c2ccccc2)c2ccccc2)n1-c1cccc(C(F)(F)F)c1. The highest BCUT2D eigenvalue weighted by molar-refractivity contribution is 7.99. The number of para-hydroxylation sites is 1. The van der Waals surface area contributed by atoms with Crippen LogP contribution in [0.3, 0.4) is 0 Å². The molecule has 0 unspecified atom stereocenters. The number of alkyl halides is 3. The largest absolute Gasteiger partial charge is 0.416 e. The normalized spacial score (nSPS) is 12.0. The molecule has 2 aromatic heterocycles. The summed E-state index contributed by atoms with van der Waals surface area (Å²) in [6, 6.07) is 31.7. The summed E-state index contributed by atoms with van der Waals surface area (Å²) in [7, 11) is 0. The van der Waals surface area contributed by atoms with E-state index in [-0.39, 0.29) is 16.5 Å². The lowest BCUT2D eigenvalue weighted by Gasteiger charge is -2.20. The molecule has 0 aliphatic rings. The topological polar surface area (TPSA) is 50.7 Å². The Labute approximate surface area is 219 Å². The van der Waals surface area contributed by atoms with Crippen LogP contribution in [0, 0.1) is 0 Å². The number of aromatic nitrogens is 3. The summed E-state index contributed by atoms with van der Waals surface area (Å²) in [6.07, 6.45) is -4.55. The molecule has 0 radical (unpaired) electrons. The van der Waals surface area contributed by atoms with Gasteiger partial charge in [-0.2, -0.15) is 13.2 Å². The van der Waals surface area contributed by atoms with Gasteiger partial charge in [0.1, 0.15) is 11.0 Å². The number of rotatable bonds is 5. The quantitative estimate of drug-likeness (QED) is 0.184. The third-order valence-corrected chi connectivity index (χ3v) is 7.62. The Morgan fingerprint density at radius 1 is 0.789 bits per heavy atom. The molecular formula is C30H20F3N3OS. The number of H-pyrrole nitrogens is 1. The molecule has 4 nitrogen and oxygen atoms in total. The molecule has 0 amide bonds. The smallest absolute Gasteiger partial charge is 0.349 e. The maximum atomic E-state index is 13.9. The van der Waals surface area contributed by atoms with Gasteiger partial charge in [0.2, 0.25) is 0 Å². The van der Waals surface area contributed by atoms with Crippen molar-refractivity contribution in [2.75, 3.05) is 0 Å². The van der Waals surface area contributed by atoms with Gasteiger partial charge in [-0.3, -0.25) is 9.36 Å². The molecule has 0 spiro atoms. The van der Waals surface area contributed by atoms with E-state index in [9.17, 15) is 18.0 Å². The van der Waals surface area contributed by atoms with Crippen molar-refractivity contribution in [3.05, 3.63) is 136 Å². The molecule has 6 aromatic rings. The highest BCUT2D eigenvalue weighted by atomic mass is 32.2. The van der Waals surface area contributed by atoms with Gasteiger partial charge < -0.3 is 4.98 Å². The number of hydrogen-bond donors (Lipinski definition) is 1. The lowest BCUT2D eigenvalue weighted by Crippen LogP contribution is -2.22. The van der Waals surface area contributed by atoms with Crippen LogP contribution >= 0.6 is 11.8 Å². The number of benzene rings is 4. The summed E-state index contributed by atoms with van der Waals surface area (Å²) in [4.78, 5) is 21.9. The van der Waals surface area contributed by atoms with Gasteiger partial charge in [-0.1, -0.05) is 96.7 Å². The van der Waals surface area contributed by atoms with Crippen molar-refractivity contribution >= 4 is 33.7 Å². The molecule has 1 N–H and O–H groups in total. The van der Waals surface area contributed by atoms with E-state index in [1.54, 1.807) is 0 Å². The monoisotopic (exact) mass is 527 g/mol. The summed E-state index contributed by atoms with van der Waals surface area (Å²) in [5.74, 6) is 0. The maximum Gasteiger partial charge on any atom is 0.416 e. The van der Waals surface area contributed by atoms with Crippen LogP contribution in [-0.2, 0) is 6.18 Å². The van der Waals surface area contributed by atoms with Crippen molar-refractivity contribution in [2.45, 2.75) is 16.6 Å². The molecule has 4 aromatic carbocycles. The molecule has 0 saturated heterocycles. The van der Waals surface area contributed by atoms with Crippen molar-refractivity contribution in [3.8, 4) is 5.69 Å². The lowest BCUT2D eigenvalue weighted by atomic mass is 10.0. The van der Waals surface area contributed by atoms with Gasteiger partial charge >= 0.3 is 6.18 Å². The van der Waals surface area contributed by atoms with E-state index in [0.717, 1.165) is 34.2 Å². The van der Waals surface area contributed by atoms with Crippen LogP contribution in [-0.4, -0.2) is 14.5 Å². The highest BCUT2D eigenvalue weighted by Crippen LogP contribution is 2.41. The Kier molecular flexibility index (Phi) is 6.04. The summed E-state index contributed by atoms with van der Waals surface area (Å²) < 4.78 is 42.1. The van der Waals surface area contributed by atoms with Crippen LogP contribution in [0.5, 0.6) is 0 Å². The van der Waals surface area contributed by atoms with Crippen LogP contribution in [0.4, 0.5) is 13.2 Å². The number of thioether (sulfide) groups is 1. The Bertz CT molecular complexity index is 1770. The van der Waals surface area contributed by atoms with Gasteiger partial charge in [-0.25, -0.2) is 4.98 Å².